The Hall–Kier alpha value is -0.570. The summed E-state index contributed by atoms with van der Waals surface area (Å²) in [4.78, 5) is 11.1. The zero-order valence-corrected chi connectivity index (χ0v) is 8.14. The molecule has 2 fully saturated rings. The van der Waals surface area contributed by atoms with E-state index in [1.165, 1.54) is 0 Å². The lowest BCUT2D eigenvalue weighted by Crippen LogP contribution is -2.49. The molecule has 3 nitrogen and oxygen atoms in total. The van der Waals surface area contributed by atoms with E-state index in [2.05, 4.69) is 12.2 Å². The van der Waals surface area contributed by atoms with E-state index in [9.17, 15) is 4.79 Å². The first-order valence-corrected chi connectivity index (χ1v) is 5.19. The van der Waals surface area contributed by atoms with Crippen LogP contribution in [-0.2, 0) is 9.53 Å². The zero-order chi connectivity index (χ0) is 9.31. The van der Waals surface area contributed by atoms with E-state index in [0.717, 1.165) is 32.4 Å². The van der Waals surface area contributed by atoms with E-state index in [1.807, 2.05) is 0 Å². The van der Waals surface area contributed by atoms with Crippen LogP contribution in [0.5, 0.6) is 0 Å². The van der Waals surface area contributed by atoms with Crippen LogP contribution < -0.4 is 5.32 Å². The fourth-order valence-electron chi connectivity index (χ4n) is 2.59. The van der Waals surface area contributed by atoms with Gasteiger partial charge in [-0.2, -0.15) is 0 Å². The molecule has 0 saturated carbocycles. The molecule has 0 radical (unpaired) electrons. The Balaban J connectivity index is 2.13. The lowest BCUT2D eigenvalue weighted by molar-refractivity contribution is -0.155. The first-order chi connectivity index (χ1) is 6.27. The van der Waals surface area contributed by atoms with Crippen LogP contribution >= 0.6 is 0 Å². The minimum Gasteiger partial charge on any atom is -0.459 e. The lowest BCUT2D eigenvalue weighted by Gasteiger charge is -2.39. The summed E-state index contributed by atoms with van der Waals surface area (Å²) < 4.78 is 5.51. The van der Waals surface area contributed by atoms with Crippen molar-refractivity contribution in [2.24, 2.45) is 5.92 Å². The van der Waals surface area contributed by atoms with Crippen LogP contribution in [0.4, 0.5) is 0 Å². The molecule has 0 amide bonds. The normalized spacial score (nSPS) is 39.5. The van der Waals surface area contributed by atoms with Crippen LogP contribution in [-0.4, -0.2) is 24.7 Å². The predicted octanol–water partition coefficient (Wildman–Crippen LogP) is 1.08. The summed E-state index contributed by atoms with van der Waals surface area (Å²) in [6, 6.07) is 0. The van der Waals surface area contributed by atoms with Crippen molar-refractivity contribution in [2.75, 3.05) is 13.1 Å². The van der Waals surface area contributed by atoms with Gasteiger partial charge in [-0.1, -0.05) is 6.92 Å². The van der Waals surface area contributed by atoms with Crippen molar-refractivity contribution in [3.05, 3.63) is 0 Å². The highest BCUT2D eigenvalue weighted by molar-refractivity contribution is 5.72. The number of rotatable bonds is 1. The van der Waals surface area contributed by atoms with Crippen LogP contribution in [0.15, 0.2) is 0 Å². The third kappa shape index (κ3) is 1.46. The summed E-state index contributed by atoms with van der Waals surface area (Å²) in [7, 11) is 0. The summed E-state index contributed by atoms with van der Waals surface area (Å²) >= 11 is 0. The van der Waals surface area contributed by atoms with Gasteiger partial charge in [-0.15, -0.1) is 0 Å². The number of ether oxygens (including phenoxy) is 1. The highest BCUT2D eigenvalue weighted by atomic mass is 16.6. The first kappa shape index (κ1) is 9.00. The van der Waals surface area contributed by atoms with Crippen LogP contribution in [0.2, 0.25) is 0 Å². The van der Waals surface area contributed by atoms with Crippen molar-refractivity contribution < 1.29 is 9.53 Å². The molecule has 2 heterocycles. The Morgan fingerprint density at radius 1 is 1.62 bits per heavy atom. The highest BCUT2D eigenvalue weighted by Crippen LogP contribution is 2.39. The lowest BCUT2D eigenvalue weighted by atomic mass is 9.78. The monoisotopic (exact) mass is 183 g/mol. The van der Waals surface area contributed by atoms with Gasteiger partial charge in [-0.3, -0.25) is 4.79 Å². The van der Waals surface area contributed by atoms with Gasteiger partial charge in [0, 0.05) is 25.3 Å². The summed E-state index contributed by atoms with van der Waals surface area (Å²) in [6.07, 6.45) is 3.65. The molecule has 2 saturated heterocycles. The number of carbonyl (C=O) groups is 1. The molecule has 0 aromatic heterocycles. The molecule has 13 heavy (non-hydrogen) atoms. The van der Waals surface area contributed by atoms with Crippen molar-refractivity contribution in [3.63, 3.8) is 0 Å². The molecule has 2 aliphatic rings. The van der Waals surface area contributed by atoms with Crippen molar-refractivity contribution in [3.8, 4) is 0 Å². The minimum atomic E-state index is -0.100. The van der Waals surface area contributed by atoms with Gasteiger partial charge in [0.25, 0.3) is 0 Å². The number of piperidine rings is 1. The molecular weight excluding hydrogens is 166 g/mol. The molecule has 2 aliphatic heterocycles. The van der Waals surface area contributed by atoms with E-state index in [-0.39, 0.29) is 11.6 Å². The van der Waals surface area contributed by atoms with Crippen LogP contribution in [0, 0.1) is 5.92 Å². The second kappa shape index (κ2) is 3.29. The fourth-order valence-corrected chi connectivity index (χ4v) is 2.59. The van der Waals surface area contributed by atoms with Crippen molar-refractivity contribution >= 4 is 5.97 Å². The van der Waals surface area contributed by atoms with Gasteiger partial charge < -0.3 is 10.1 Å². The van der Waals surface area contributed by atoms with E-state index in [1.54, 1.807) is 0 Å². The van der Waals surface area contributed by atoms with Crippen LogP contribution in [0.3, 0.4) is 0 Å². The average Bonchev–Trinajstić information content (AvgIpc) is 2.49. The highest BCUT2D eigenvalue weighted by Gasteiger charge is 2.47. The summed E-state index contributed by atoms with van der Waals surface area (Å²) in [5.41, 5.74) is -0.100. The predicted molar refractivity (Wildman–Crippen MR) is 49.3 cm³/mol. The smallest absolute Gasteiger partial charge is 0.306 e. The molecular formula is C10H17NO2. The van der Waals surface area contributed by atoms with E-state index >= 15 is 0 Å². The Morgan fingerprint density at radius 3 is 3.08 bits per heavy atom. The van der Waals surface area contributed by atoms with Crippen LogP contribution in [0.25, 0.3) is 0 Å². The van der Waals surface area contributed by atoms with Crippen LogP contribution in [0.1, 0.15) is 32.6 Å². The van der Waals surface area contributed by atoms with Crippen molar-refractivity contribution in [2.45, 2.75) is 38.2 Å². The maximum Gasteiger partial charge on any atom is 0.306 e. The topological polar surface area (TPSA) is 38.3 Å². The molecule has 74 valence electrons. The molecule has 3 heteroatoms. The van der Waals surface area contributed by atoms with Gasteiger partial charge in [0.2, 0.25) is 0 Å². The fraction of sp³-hybridized carbons (Fsp3) is 0.900. The molecule has 0 bridgehead atoms. The molecule has 2 rings (SSSR count). The second-order valence-electron chi connectivity index (χ2n) is 4.10. The molecule has 0 aromatic rings. The summed E-state index contributed by atoms with van der Waals surface area (Å²) in [5, 5.41) is 3.36. The summed E-state index contributed by atoms with van der Waals surface area (Å²) in [6.45, 7) is 4.17. The van der Waals surface area contributed by atoms with Crippen molar-refractivity contribution in [1.29, 1.82) is 0 Å². The standard InChI is InChI=1S/C10H17NO2/c1-2-8-7-11-6-5-10(8)4-3-9(12)13-10/h8,11H,2-7H2,1H3. The third-order valence-electron chi connectivity index (χ3n) is 3.42. The van der Waals surface area contributed by atoms with Crippen molar-refractivity contribution in [1.82, 2.24) is 5.32 Å². The van der Waals surface area contributed by atoms with Gasteiger partial charge >= 0.3 is 5.97 Å². The molecule has 0 aliphatic carbocycles. The molecule has 0 aromatic carbocycles. The quantitative estimate of drug-likeness (QED) is 0.618. The Kier molecular flexibility index (Phi) is 2.28. The Labute approximate surface area is 78.8 Å². The number of esters is 1. The number of hydrogen-bond acceptors (Lipinski definition) is 3. The molecule has 1 N–H and O–H groups in total. The maximum absolute atomic E-state index is 11.1. The number of hydrogen-bond donors (Lipinski definition) is 1. The largest absolute Gasteiger partial charge is 0.459 e. The SMILES string of the molecule is CCC1CNCCC12CCC(=O)O2. The minimum absolute atomic E-state index is 0.000324. The van der Waals surface area contributed by atoms with Gasteiger partial charge in [0.15, 0.2) is 0 Å². The van der Waals surface area contributed by atoms with Gasteiger partial charge in [-0.25, -0.2) is 0 Å². The number of carbonyl (C=O) groups excluding carboxylic acids is 1. The first-order valence-electron chi connectivity index (χ1n) is 5.19. The molecule has 2 unspecified atom stereocenters. The molecule has 1 spiro atoms. The van der Waals surface area contributed by atoms with Gasteiger partial charge in [0.1, 0.15) is 5.60 Å². The zero-order valence-electron chi connectivity index (χ0n) is 8.14. The Bertz CT molecular complexity index is 217. The number of nitrogens with one attached hydrogen (secondary N) is 1. The van der Waals surface area contributed by atoms with E-state index < -0.39 is 0 Å². The molecule has 2 atom stereocenters. The second-order valence-corrected chi connectivity index (χ2v) is 4.10. The average molecular weight is 183 g/mol. The van der Waals surface area contributed by atoms with E-state index in [4.69, 9.17) is 4.74 Å². The van der Waals surface area contributed by atoms with E-state index in [0.29, 0.717) is 12.3 Å². The maximum atomic E-state index is 11.1. The summed E-state index contributed by atoms with van der Waals surface area (Å²) in [5.74, 6) is 0.521. The van der Waals surface area contributed by atoms with Gasteiger partial charge in [-0.05, 0) is 19.4 Å². The Morgan fingerprint density at radius 2 is 2.46 bits per heavy atom. The van der Waals surface area contributed by atoms with Gasteiger partial charge in [0.05, 0.1) is 0 Å². The third-order valence-corrected chi connectivity index (χ3v) is 3.42.